The molecule has 0 saturated carbocycles. The normalized spacial score (nSPS) is 11.4. The third-order valence-corrected chi connectivity index (χ3v) is 4.37. The molecule has 0 radical (unpaired) electrons. The molecule has 144 valence electrons. The summed E-state index contributed by atoms with van der Waals surface area (Å²) in [6.45, 7) is 8.87. The first-order chi connectivity index (χ1) is 12.8. The van der Waals surface area contributed by atoms with Gasteiger partial charge in [0.05, 0.1) is 17.3 Å². The fraction of sp³-hybridized carbons (Fsp3) is 0.333. The lowest BCUT2D eigenvalue weighted by molar-refractivity contribution is -0.123. The van der Waals surface area contributed by atoms with Crippen LogP contribution in [0.5, 0.6) is 11.5 Å². The molecule has 0 fully saturated rings. The second kappa shape index (κ2) is 9.55. The van der Waals surface area contributed by atoms with Crippen LogP contribution in [0.1, 0.15) is 38.8 Å². The molecule has 1 amide bonds. The minimum atomic E-state index is -0.330. The molecule has 2 aromatic carbocycles. The van der Waals surface area contributed by atoms with Gasteiger partial charge in [0.2, 0.25) is 0 Å². The maximum atomic E-state index is 11.9. The zero-order valence-corrected chi connectivity index (χ0v) is 17.7. The molecule has 27 heavy (non-hydrogen) atoms. The molecule has 0 aliphatic heterocycles. The van der Waals surface area contributed by atoms with E-state index < -0.39 is 0 Å². The minimum Gasteiger partial charge on any atom is -0.494 e. The first kappa shape index (κ1) is 21.0. The smallest absolute Gasteiger partial charge is 0.277 e. The fourth-order valence-electron chi connectivity index (χ4n) is 2.26. The zero-order valence-electron chi connectivity index (χ0n) is 16.1. The summed E-state index contributed by atoms with van der Waals surface area (Å²) in [5.41, 5.74) is 4.55. The largest absolute Gasteiger partial charge is 0.494 e. The Kier molecular flexibility index (Phi) is 7.42. The SMILES string of the molecule is CCOc1ccc(C=NNC(=O)COc2ccc(C(C)(C)C)cc2Br)cc1. The highest BCUT2D eigenvalue weighted by molar-refractivity contribution is 9.10. The number of carbonyl (C=O) groups is 1. The van der Waals surface area contributed by atoms with E-state index in [2.05, 4.69) is 47.2 Å². The average Bonchev–Trinajstić information content (AvgIpc) is 2.61. The molecular weight excluding hydrogens is 408 g/mol. The van der Waals surface area contributed by atoms with Crippen molar-refractivity contribution >= 4 is 28.1 Å². The second-order valence-electron chi connectivity index (χ2n) is 6.98. The van der Waals surface area contributed by atoms with Crippen LogP contribution in [0.4, 0.5) is 0 Å². The Morgan fingerprint density at radius 1 is 1.15 bits per heavy atom. The maximum absolute atomic E-state index is 11.9. The van der Waals surface area contributed by atoms with Gasteiger partial charge in [0, 0.05) is 0 Å². The molecule has 2 aromatic rings. The van der Waals surface area contributed by atoms with Crippen molar-refractivity contribution in [3.8, 4) is 11.5 Å². The van der Waals surface area contributed by atoms with Crippen LogP contribution in [-0.2, 0) is 10.2 Å². The summed E-state index contributed by atoms with van der Waals surface area (Å²) < 4.78 is 11.8. The second-order valence-corrected chi connectivity index (χ2v) is 7.83. The summed E-state index contributed by atoms with van der Waals surface area (Å²) in [5.74, 6) is 1.09. The highest BCUT2D eigenvalue weighted by Gasteiger charge is 2.15. The lowest BCUT2D eigenvalue weighted by Gasteiger charge is -2.20. The molecule has 1 N–H and O–H groups in total. The van der Waals surface area contributed by atoms with Crippen LogP contribution in [0.3, 0.4) is 0 Å². The Bertz CT molecular complexity index is 796. The number of nitrogens with zero attached hydrogens (tertiary/aromatic N) is 1. The lowest BCUT2D eigenvalue weighted by atomic mass is 9.87. The van der Waals surface area contributed by atoms with E-state index in [0.717, 1.165) is 15.8 Å². The van der Waals surface area contributed by atoms with Crippen LogP contribution in [0.15, 0.2) is 52.0 Å². The number of hydrogen-bond acceptors (Lipinski definition) is 4. The van der Waals surface area contributed by atoms with Crippen LogP contribution >= 0.6 is 15.9 Å². The van der Waals surface area contributed by atoms with Crippen LogP contribution in [0, 0.1) is 0 Å². The molecule has 2 rings (SSSR count). The molecule has 6 heteroatoms. The number of halogens is 1. The number of nitrogens with one attached hydrogen (secondary N) is 1. The number of rotatable bonds is 7. The van der Waals surface area contributed by atoms with E-state index >= 15 is 0 Å². The van der Waals surface area contributed by atoms with Gasteiger partial charge in [-0.2, -0.15) is 5.10 Å². The molecule has 0 saturated heterocycles. The Hall–Kier alpha value is -2.34. The van der Waals surface area contributed by atoms with Gasteiger partial charge < -0.3 is 9.47 Å². The Morgan fingerprint density at radius 2 is 1.85 bits per heavy atom. The number of carbonyl (C=O) groups excluding carboxylic acids is 1. The van der Waals surface area contributed by atoms with Gasteiger partial charge in [-0.3, -0.25) is 4.79 Å². The van der Waals surface area contributed by atoms with Gasteiger partial charge in [0.1, 0.15) is 11.5 Å². The summed E-state index contributed by atoms with van der Waals surface area (Å²) >= 11 is 3.49. The van der Waals surface area contributed by atoms with Gasteiger partial charge in [-0.25, -0.2) is 5.43 Å². The third-order valence-electron chi connectivity index (χ3n) is 3.75. The van der Waals surface area contributed by atoms with Crippen LogP contribution in [-0.4, -0.2) is 25.3 Å². The van der Waals surface area contributed by atoms with Crippen molar-refractivity contribution in [1.82, 2.24) is 5.43 Å². The zero-order chi connectivity index (χ0) is 19.9. The number of amides is 1. The Labute approximate surface area is 168 Å². The number of ether oxygens (including phenoxy) is 2. The van der Waals surface area contributed by atoms with E-state index in [1.165, 1.54) is 5.56 Å². The summed E-state index contributed by atoms with van der Waals surface area (Å²) in [6.07, 6.45) is 1.57. The Morgan fingerprint density at radius 3 is 2.44 bits per heavy atom. The number of benzene rings is 2. The van der Waals surface area contributed by atoms with Crippen LogP contribution in [0.25, 0.3) is 0 Å². The molecule has 0 aromatic heterocycles. The van der Waals surface area contributed by atoms with Crippen molar-refractivity contribution in [3.63, 3.8) is 0 Å². The number of hydrogen-bond donors (Lipinski definition) is 1. The standard InChI is InChI=1S/C21H25BrN2O3/c1-5-26-17-9-6-15(7-10-17)13-23-24-20(25)14-27-19-11-8-16(12-18(19)22)21(2,3)4/h6-13H,5,14H2,1-4H3,(H,24,25). The van der Waals surface area contributed by atoms with Crippen LogP contribution in [0.2, 0.25) is 0 Å². The highest BCUT2D eigenvalue weighted by Crippen LogP contribution is 2.31. The predicted molar refractivity (Wildman–Crippen MR) is 112 cm³/mol. The summed E-state index contributed by atoms with van der Waals surface area (Å²) in [6, 6.07) is 13.3. The van der Waals surface area contributed by atoms with Crippen molar-refractivity contribution in [1.29, 1.82) is 0 Å². The maximum Gasteiger partial charge on any atom is 0.277 e. The van der Waals surface area contributed by atoms with E-state index in [1.807, 2.05) is 49.4 Å². The monoisotopic (exact) mass is 432 g/mol. The van der Waals surface area contributed by atoms with Crippen molar-refractivity contribution in [2.45, 2.75) is 33.1 Å². The molecular formula is C21H25BrN2O3. The molecule has 0 heterocycles. The quantitative estimate of drug-likeness (QED) is 0.510. The summed E-state index contributed by atoms with van der Waals surface area (Å²) in [5, 5.41) is 3.94. The van der Waals surface area contributed by atoms with Gasteiger partial charge in [-0.1, -0.05) is 26.8 Å². The van der Waals surface area contributed by atoms with Crippen molar-refractivity contribution < 1.29 is 14.3 Å². The van der Waals surface area contributed by atoms with E-state index in [0.29, 0.717) is 12.4 Å². The first-order valence-electron chi connectivity index (χ1n) is 8.77. The van der Waals surface area contributed by atoms with Crippen LogP contribution < -0.4 is 14.9 Å². The molecule has 0 aliphatic carbocycles. The lowest BCUT2D eigenvalue weighted by Crippen LogP contribution is -2.24. The molecule has 0 bridgehead atoms. The molecule has 0 aliphatic rings. The van der Waals surface area contributed by atoms with Gasteiger partial charge in [0.15, 0.2) is 6.61 Å². The van der Waals surface area contributed by atoms with E-state index in [4.69, 9.17) is 9.47 Å². The minimum absolute atomic E-state index is 0.0496. The van der Waals surface area contributed by atoms with Crippen molar-refractivity contribution in [2.75, 3.05) is 13.2 Å². The molecule has 0 unspecified atom stereocenters. The van der Waals surface area contributed by atoms with Gasteiger partial charge in [-0.05, 0) is 75.8 Å². The fourth-order valence-corrected chi connectivity index (χ4v) is 2.75. The Balaban J connectivity index is 1.84. The third kappa shape index (κ3) is 6.71. The van der Waals surface area contributed by atoms with E-state index in [-0.39, 0.29) is 17.9 Å². The summed E-state index contributed by atoms with van der Waals surface area (Å²) in [4.78, 5) is 11.9. The highest BCUT2D eigenvalue weighted by atomic mass is 79.9. The summed E-state index contributed by atoms with van der Waals surface area (Å²) in [7, 11) is 0. The van der Waals surface area contributed by atoms with Crippen molar-refractivity contribution in [2.24, 2.45) is 5.10 Å². The van der Waals surface area contributed by atoms with E-state index in [9.17, 15) is 4.79 Å². The van der Waals surface area contributed by atoms with Gasteiger partial charge in [0.25, 0.3) is 5.91 Å². The molecule has 0 spiro atoms. The topological polar surface area (TPSA) is 59.9 Å². The first-order valence-corrected chi connectivity index (χ1v) is 9.56. The van der Waals surface area contributed by atoms with Crippen molar-refractivity contribution in [3.05, 3.63) is 58.1 Å². The average molecular weight is 433 g/mol. The van der Waals surface area contributed by atoms with E-state index in [1.54, 1.807) is 6.21 Å². The van der Waals surface area contributed by atoms with Gasteiger partial charge >= 0.3 is 0 Å². The predicted octanol–water partition coefficient (Wildman–Crippen LogP) is 4.67. The van der Waals surface area contributed by atoms with Gasteiger partial charge in [-0.15, -0.1) is 0 Å². The number of hydrazone groups is 1. The molecule has 0 atom stereocenters. The molecule has 5 nitrogen and oxygen atoms in total.